The molecule has 1 atom stereocenters. The number of carboxylic acids is 1. The topological polar surface area (TPSA) is 92.1 Å². The SMILES string of the molecule is O=C(O)c1ccncc1Nc1c(-c2ccccc2)cnn1C1CNc2ccccc2C1. The zero-order valence-electron chi connectivity index (χ0n) is 16.7. The van der Waals surface area contributed by atoms with E-state index in [4.69, 9.17) is 5.10 Å². The van der Waals surface area contributed by atoms with Crippen LogP contribution in [0.4, 0.5) is 17.2 Å². The van der Waals surface area contributed by atoms with E-state index in [0.29, 0.717) is 5.69 Å². The number of para-hydroxylation sites is 1. The number of aromatic carboxylic acids is 1. The van der Waals surface area contributed by atoms with E-state index in [-0.39, 0.29) is 11.6 Å². The molecule has 0 fully saturated rings. The molecule has 0 saturated carbocycles. The van der Waals surface area contributed by atoms with Crippen LogP contribution < -0.4 is 10.6 Å². The quantitative estimate of drug-likeness (QED) is 0.445. The van der Waals surface area contributed by atoms with Gasteiger partial charge in [0.25, 0.3) is 0 Å². The standard InChI is InChI=1S/C24H21N5O2/c30-24(31)19-10-11-25-15-22(19)28-23-20(16-6-2-1-3-7-16)14-27-29(23)18-12-17-8-4-5-9-21(17)26-13-18/h1-11,14-15,18,26,28H,12-13H2,(H,30,31). The molecule has 2 aromatic carbocycles. The minimum Gasteiger partial charge on any atom is -0.478 e. The lowest BCUT2D eigenvalue weighted by molar-refractivity contribution is 0.0698. The Hall–Kier alpha value is -4.13. The Morgan fingerprint density at radius 1 is 1.06 bits per heavy atom. The minimum atomic E-state index is -1.01. The fourth-order valence-corrected chi connectivity index (χ4v) is 4.00. The van der Waals surface area contributed by atoms with Gasteiger partial charge in [0.1, 0.15) is 5.82 Å². The number of benzene rings is 2. The Morgan fingerprint density at radius 3 is 2.71 bits per heavy atom. The Bertz CT molecular complexity index is 1240. The van der Waals surface area contributed by atoms with Gasteiger partial charge in [-0.2, -0.15) is 5.10 Å². The first-order chi connectivity index (χ1) is 15.2. The van der Waals surface area contributed by atoms with Gasteiger partial charge in [-0.1, -0.05) is 48.5 Å². The van der Waals surface area contributed by atoms with Gasteiger partial charge in [-0.15, -0.1) is 0 Å². The maximum Gasteiger partial charge on any atom is 0.337 e. The molecule has 7 nitrogen and oxygen atoms in total. The van der Waals surface area contributed by atoms with Gasteiger partial charge >= 0.3 is 5.97 Å². The maximum absolute atomic E-state index is 11.7. The summed E-state index contributed by atoms with van der Waals surface area (Å²) >= 11 is 0. The van der Waals surface area contributed by atoms with Crippen LogP contribution in [0.25, 0.3) is 11.1 Å². The first-order valence-electron chi connectivity index (χ1n) is 10.1. The van der Waals surface area contributed by atoms with Crippen LogP contribution in [0, 0.1) is 0 Å². The molecular formula is C24H21N5O2. The van der Waals surface area contributed by atoms with E-state index in [1.54, 1.807) is 0 Å². The Morgan fingerprint density at radius 2 is 1.87 bits per heavy atom. The summed E-state index contributed by atoms with van der Waals surface area (Å²) in [5, 5.41) is 21.1. The average Bonchev–Trinajstić information content (AvgIpc) is 3.23. The van der Waals surface area contributed by atoms with Crippen molar-refractivity contribution >= 4 is 23.2 Å². The molecule has 5 rings (SSSR count). The van der Waals surface area contributed by atoms with Crippen LogP contribution in [-0.4, -0.2) is 32.4 Å². The van der Waals surface area contributed by atoms with E-state index >= 15 is 0 Å². The summed E-state index contributed by atoms with van der Waals surface area (Å²) in [5.41, 5.74) is 4.87. The maximum atomic E-state index is 11.7. The zero-order valence-corrected chi connectivity index (χ0v) is 16.7. The van der Waals surface area contributed by atoms with Gasteiger partial charge in [0.05, 0.1) is 29.7 Å². The fraction of sp³-hybridized carbons (Fsp3) is 0.125. The smallest absolute Gasteiger partial charge is 0.337 e. The highest BCUT2D eigenvalue weighted by Gasteiger charge is 2.25. The molecule has 0 bridgehead atoms. The molecule has 3 N–H and O–H groups in total. The molecule has 31 heavy (non-hydrogen) atoms. The lowest BCUT2D eigenvalue weighted by Gasteiger charge is -2.28. The number of nitrogens with zero attached hydrogens (tertiary/aromatic N) is 3. The van der Waals surface area contributed by atoms with E-state index in [2.05, 4.69) is 27.8 Å². The Labute approximate surface area is 179 Å². The molecule has 0 amide bonds. The summed E-state index contributed by atoms with van der Waals surface area (Å²) in [7, 11) is 0. The van der Waals surface area contributed by atoms with Crippen LogP contribution in [0.3, 0.4) is 0 Å². The molecule has 4 aromatic rings. The lowest BCUT2D eigenvalue weighted by atomic mass is 9.99. The molecular weight excluding hydrogens is 390 g/mol. The second kappa shape index (κ2) is 7.95. The van der Waals surface area contributed by atoms with Crippen molar-refractivity contribution in [3.8, 4) is 11.1 Å². The third-order valence-electron chi connectivity index (χ3n) is 5.53. The summed E-state index contributed by atoms with van der Waals surface area (Å²) in [6, 6.07) is 19.8. The van der Waals surface area contributed by atoms with Crippen LogP contribution in [0.5, 0.6) is 0 Å². The van der Waals surface area contributed by atoms with E-state index in [1.165, 1.54) is 24.0 Å². The first kappa shape index (κ1) is 18.9. The summed E-state index contributed by atoms with van der Waals surface area (Å²) < 4.78 is 1.95. The average molecular weight is 411 g/mol. The van der Waals surface area contributed by atoms with Crippen LogP contribution >= 0.6 is 0 Å². The third kappa shape index (κ3) is 3.61. The number of hydrogen-bond donors (Lipinski definition) is 3. The largest absolute Gasteiger partial charge is 0.478 e. The molecule has 0 radical (unpaired) electrons. The van der Waals surface area contributed by atoms with Crippen molar-refractivity contribution in [1.82, 2.24) is 14.8 Å². The van der Waals surface area contributed by atoms with Crippen molar-refractivity contribution in [3.63, 3.8) is 0 Å². The normalized spacial score (nSPS) is 15.0. The van der Waals surface area contributed by atoms with Crippen molar-refractivity contribution in [2.75, 3.05) is 17.2 Å². The number of pyridine rings is 1. The number of carboxylic acid groups (broad SMARTS) is 1. The fourth-order valence-electron chi connectivity index (χ4n) is 4.00. The predicted octanol–water partition coefficient (Wildman–Crippen LogP) is 4.60. The molecule has 1 aliphatic rings. The van der Waals surface area contributed by atoms with Gasteiger partial charge in [-0.25, -0.2) is 9.48 Å². The number of rotatable bonds is 5. The third-order valence-corrected chi connectivity index (χ3v) is 5.53. The highest BCUT2D eigenvalue weighted by Crippen LogP contribution is 2.35. The molecule has 0 spiro atoms. The second-order valence-electron chi connectivity index (χ2n) is 7.46. The summed E-state index contributed by atoms with van der Waals surface area (Å²) in [4.78, 5) is 15.8. The number of fused-ring (bicyclic) bond motifs is 1. The van der Waals surface area contributed by atoms with Gasteiger partial charge in [-0.3, -0.25) is 4.98 Å². The van der Waals surface area contributed by atoms with Gasteiger partial charge in [0, 0.05) is 24.0 Å². The molecule has 1 aliphatic heterocycles. The van der Waals surface area contributed by atoms with Crippen LogP contribution in [0.2, 0.25) is 0 Å². The highest BCUT2D eigenvalue weighted by atomic mass is 16.4. The van der Waals surface area contributed by atoms with E-state index in [0.717, 1.165) is 35.6 Å². The van der Waals surface area contributed by atoms with E-state index < -0.39 is 5.97 Å². The van der Waals surface area contributed by atoms with Crippen molar-refractivity contribution in [2.24, 2.45) is 0 Å². The number of anilines is 3. The monoisotopic (exact) mass is 411 g/mol. The Balaban J connectivity index is 1.59. The van der Waals surface area contributed by atoms with Crippen LogP contribution in [-0.2, 0) is 6.42 Å². The molecule has 0 saturated heterocycles. The summed E-state index contributed by atoms with van der Waals surface area (Å²) in [6.45, 7) is 0.723. The highest BCUT2D eigenvalue weighted by molar-refractivity contribution is 5.95. The van der Waals surface area contributed by atoms with Crippen molar-refractivity contribution in [1.29, 1.82) is 0 Å². The van der Waals surface area contributed by atoms with Crippen molar-refractivity contribution in [3.05, 3.63) is 90.4 Å². The summed E-state index contributed by atoms with van der Waals surface area (Å²) in [5.74, 6) is -0.265. The Kier molecular flexibility index (Phi) is 4.84. The minimum absolute atomic E-state index is 0.0693. The van der Waals surface area contributed by atoms with Gasteiger partial charge in [-0.05, 0) is 29.7 Å². The van der Waals surface area contributed by atoms with Gasteiger partial charge < -0.3 is 15.7 Å². The number of nitrogens with one attached hydrogen (secondary N) is 2. The zero-order chi connectivity index (χ0) is 21.2. The molecule has 1 unspecified atom stereocenters. The molecule has 0 aliphatic carbocycles. The molecule has 154 valence electrons. The first-order valence-corrected chi connectivity index (χ1v) is 10.1. The van der Waals surface area contributed by atoms with Crippen LogP contribution in [0.15, 0.2) is 79.3 Å². The number of hydrogen-bond acceptors (Lipinski definition) is 5. The molecule has 2 aromatic heterocycles. The summed E-state index contributed by atoms with van der Waals surface area (Å²) in [6.07, 6.45) is 5.66. The predicted molar refractivity (Wildman–Crippen MR) is 120 cm³/mol. The van der Waals surface area contributed by atoms with Gasteiger partial charge in [0.15, 0.2) is 0 Å². The van der Waals surface area contributed by atoms with Gasteiger partial charge in [0.2, 0.25) is 0 Å². The van der Waals surface area contributed by atoms with E-state index in [1.807, 2.05) is 53.3 Å². The van der Waals surface area contributed by atoms with Crippen LogP contribution in [0.1, 0.15) is 22.0 Å². The second-order valence-corrected chi connectivity index (χ2v) is 7.46. The number of carbonyl (C=O) groups is 1. The van der Waals surface area contributed by atoms with Crippen molar-refractivity contribution in [2.45, 2.75) is 12.5 Å². The van der Waals surface area contributed by atoms with Crippen molar-refractivity contribution < 1.29 is 9.90 Å². The number of aromatic nitrogens is 3. The van der Waals surface area contributed by atoms with E-state index in [9.17, 15) is 9.90 Å². The molecule has 7 heteroatoms. The molecule has 3 heterocycles. The lowest BCUT2D eigenvalue weighted by Crippen LogP contribution is -2.27.